The van der Waals surface area contributed by atoms with Crippen LogP contribution in [0.5, 0.6) is 0 Å². The van der Waals surface area contributed by atoms with E-state index in [1.165, 1.54) is 0 Å². The van der Waals surface area contributed by atoms with Gasteiger partial charge in [-0.2, -0.15) is 0 Å². The molecular weight excluding hydrogens is 414 g/mol. The Labute approximate surface area is 127 Å². The van der Waals surface area contributed by atoms with Gasteiger partial charge in [0, 0.05) is 20.3 Å². The number of carbonyl (C=O) groups is 1. The second-order valence-electron chi connectivity index (χ2n) is 3.68. The van der Waals surface area contributed by atoms with Crippen LogP contribution in [0, 0.1) is 0 Å². The Morgan fingerprint density at radius 1 is 1.41 bits per heavy atom. The minimum Gasteiger partial charge on any atom is -0.349 e. The van der Waals surface area contributed by atoms with Gasteiger partial charge in [-0.05, 0) is 47.0 Å². The fourth-order valence-corrected chi connectivity index (χ4v) is 3.23. The van der Waals surface area contributed by atoms with E-state index in [2.05, 4.69) is 60.0 Å². The van der Waals surface area contributed by atoms with Gasteiger partial charge in [0.05, 0.1) is 5.56 Å². The smallest absolute Gasteiger partial charge is 0.252 e. The van der Waals surface area contributed by atoms with E-state index < -0.39 is 0 Å². The number of benzene rings is 1. The van der Waals surface area contributed by atoms with E-state index in [1.54, 1.807) is 0 Å². The van der Waals surface area contributed by atoms with Gasteiger partial charge in [-0.15, -0.1) is 0 Å². The predicted molar refractivity (Wildman–Crippen MR) is 81.8 cm³/mol. The van der Waals surface area contributed by atoms with Crippen molar-refractivity contribution in [2.75, 3.05) is 5.33 Å². The highest BCUT2D eigenvalue weighted by atomic mass is 79.9. The monoisotopic (exact) mass is 425 g/mol. The molecule has 1 atom stereocenters. The van der Waals surface area contributed by atoms with Crippen molar-refractivity contribution in [2.24, 2.45) is 0 Å². The van der Waals surface area contributed by atoms with Crippen LogP contribution in [0.3, 0.4) is 0 Å². The molecule has 1 aromatic rings. The van der Waals surface area contributed by atoms with Crippen molar-refractivity contribution < 1.29 is 4.79 Å². The number of hydrogen-bond donors (Lipinski definition) is 1. The second-order valence-corrected chi connectivity index (χ2v) is 6.24. The minimum atomic E-state index is -0.0304. The van der Waals surface area contributed by atoms with Gasteiger partial charge in [0.2, 0.25) is 0 Å². The number of amides is 1. The maximum atomic E-state index is 12.0. The lowest BCUT2D eigenvalue weighted by Crippen LogP contribution is -2.34. The normalized spacial score (nSPS) is 12.2. The summed E-state index contributed by atoms with van der Waals surface area (Å²) in [7, 11) is 0. The molecule has 0 saturated carbocycles. The molecule has 0 aliphatic carbocycles. The lowest BCUT2D eigenvalue weighted by atomic mass is 10.1. The van der Waals surface area contributed by atoms with Gasteiger partial charge in [-0.25, -0.2) is 0 Å². The van der Waals surface area contributed by atoms with Crippen LogP contribution in [0.25, 0.3) is 0 Å². The molecule has 0 fully saturated rings. The van der Waals surface area contributed by atoms with Gasteiger partial charge in [0.15, 0.2) is 0 Å². The molecule has 2 nitrogen and oxygen atoms in total. The van der Waals surface area contributed by atoms with Crippen LogP contribution >= 0.6 is 47.8 Å². The third-order valence-corrected chi connectivity index (χ3v) is 4.07. The van der Waals surface area contributed by atoms with Crippen LogP contribution in [0.2, 0.25) is 0 Å². The summed E-state index contributed by atoms with van der Waals surface area (Å²) in [6, 6.07) is 5.77. The Morgan fingerprint density at radius 2 is 2.12 bits per heavy atom. The summed E-state index contributed by atoms with van der Waals surface area (Å²) in [5.41, 5.74) is 0.668. The zero-order chi connectivity index (χ0) is 12.8. The van der Waals surface area contributed by atoms with E-state index in [0.29, 0.717) is 5.56 Å². The fourth-order valence-electron chi connectivity index (χ4n) is 1.45. The molecule has 17 heavy (non-hydrogen) atoms. The fraction of sp³-hybridized carbons (Fsp3) is 0.417. The molecule has 94 valence electrons. The first kappa shape index (κ1) is 15.2. The summed E-state index contributed by atoms with van der Waals surface area (Å²) in [4.78, 5) is 12.0. The van der Waals surface area contributed by atoms with Gasteiger partial charge in [-0.3, -0.25) is 4.79 Å². The molecule has 0 spiro atoms. The van der Waals surface area contributed by atoms with Crippen LogP contribution in [-0.4, -0.2) is 17.3 Å². The summed E-state index contributed by atoms with van der Waals surface area (Å²) < 4.78 is 1.76. The first-order valence-corrected chi connectivity index (χ1v) is 8.11. The van der Waals surface area contributed by atoms with Crippen molar-refractivity contribution in [1.82, 2.24) is 5.32 Å². The summed E-state index contributed by atoms with van der Waals surface area (Å²) in [6.07, 6.45) is 1.88. The van der Waals surface area contributed by atoms with Crippen LogP contribution in [0.4, 0.5) is 0 Å². The summed E-state index contributed by atoms with van der Waals surface area (Å²) >= 11 is 10.2. The molecule has 1 unspecified atom stereocenters. The van der Waals surface area contributed by atoms with E-state index in [9.17, 15) is 4.79 Å². The molecule has 0 aliphatic heterocycles. The van der Waals surface area contributed by atoms with E-state index >= 15 is 0 Å². The van der Waals surface area contributed by atoms with Gasteiger partial charge in [0.25, 0.3) is 5.91 Å². The van der Waals surface area contributed by atoms with E-state index in [0.717, 1.165) is 27.1 Å². The van der Waals surface area contributed by atoms with Crippen LogP contribution in [0.15, 0.2) is 27.1 Å². The molecule has 1 rings (SSSR count). The number of nitrogens with one attached hydrogen (secondary N) is 1. The van der Waals surface area contributed by atoms with Crippen LogP contribution in [0.1, 0.15) is 30.1 Å². The SMILES string of the molecule is CCC(CCBr)NC(=O)c1ccc(Br)cc1Br. The van der Waals surface area contributed by atoms with Gasteiger partial charge >= 0.3 is 0 Å². The molecule has 1 N–H and O–H groups in total. The van der Waals surface area contributed by atoms with Gasteiger partial charge in [-0.1, -0.05) is 38.8 Å². The third-order valence-electron chi connectivity index (χ3n) is 2.46. The molecule has 5 heteroatoms. The molecule has 0 saturated heterocycles. The number of carbonyl (C=O) groups excluding carboxylic acids is 1. The van der Waals surface area contributed by atoms with Crippen molar-refractivity contribution in [3.05, 3.63) is 32.7 Å². The number of halogens is 3. The maximum Gasteiger partial charge on any atom is 0.252 e. The summed E-state index contributed by atoms with van der Waals surface area (Å²) in [5.74, 6) is -0.0304. The highest BCUT2D eigenvalue weighted by Gasteiger charge is 2.14. The standard InChI is InChI=1S/C12H14Br3NO/c1-2-9(5-6-13)16-12(17)10-4-3-8(14)7-11(10)15/h3-4,7,9H,2,5-6H2,1H3,(H,16,17). The van der Waals surface area contributed by atoms with Gasteiger partial charge < -0.3 is 5.32 Å². The van der Waals surface area contributed by atoms with E-state index in [4.69, 9.17) is 0 Å². The molecule has 0 radical (unpaired) electrons. The quantitative estimate of drug-likeness (QED) is 0.688. The van der Waals surface area contributed by atoms with Gasteiger partial charge in [0.1, 0.15) is 0 Å². The zero-order valence-electron chi connectivity index (χ0n) is 9.47. The zero-order valence-corrected chi connectivity index (χ0v) is 14.2. The first-order chi connectivity index (χ1) is 8.08. The molecular formula is C12H14Br3NO. The minimum absolute atomic E-state index is 0.0304. The Balaban J connectivity index is 2.75. The first-order valence-electron chi connectivity index (χ1n) is 5.40. The van der Waals surface area contributed by atoms with E-state index in [-0.39, 0.29) is 11.9 Å². The van der Waals surface area contributed by atoms with Crippen LogP contribution in [-0.2, 0) is 0 Å². The Morgan fingerprint density at radius 3 is 2.65 bits per heavy atom. The van der Waals surface area contributed by atoms with Crippen molar-refractivity contribution >= 4 is 53.7 Å². The second kappa shape index (κ2) is 7.54. The highest BCUT2D eigenvalue weighted by molar-refractivity contribution is 9.11. The predicted octanol–water partition coefficient (Wildman–Crippen LogP) is 4.51. The highest BCUT2D eigenvalue weighted by Crippen LogP contribution is 2.22. The average molecular weight is 428 g/mol. The topological polar surface area (TPSA) is 29.1 Å². The Kier molecular flexibility index (Phi) is 6.74. The third kappa shape index (κ3) is 4.72. The lowest BCUT2D eigenvalue weighted by Gasteiger charge is -2.16. The molecule has 0 bridgehead atoms. The molecule has 1 aromatic carbocycles. The van der Waals surface area contributed by atoms with E-state index in [1.807, 2.05) is 18.2 Å². The van der Waals surface area contributed by atoms with Crippen molar-refractivity contribution in [2.45, 2.75) is 25.8 Å². The number of rotatable bonds is 5. The molecule has 0 aromatic heterocycles. The molecule has 0 aliphatic rings. The number of hydrogen-bond acceptors (Lipinski definition) is 1. The maximum absolute atomic E-state index is 12.0. The van der Waals surface area contributed by atoms with Crippen molar-refractivity contribution in [3.63, 3.8) is 0 Å². The van der Waals surface area contributed by atoms with Crippen LogP contribution < -0.4 is 5.32 Å². The van der Waals surface area contributed by atoms with Crippen molar-refractivity contribution in [1.29, 1.82) is 0 Å². The largest absolute Gasteiger partial charge is 0.349 e. The molecule has 1 amide bonds. The van der Waals surface area contributed by atoms with Crippen molar-refractivity contribution in [3.8, 4) is 0 Å². The number of alkyl halides is 1. The molecule has 0 heterocycles. The average Bonchev–Trinajstić information content (AvgIpc) is 2.28. The Bertz CT molecular complexity index is 395. The summed E-state index contributed by atoms with van der Waals surface area (Å²) in [5, 5.41) is 3.93. The Hall–Kier alpha value is 0.130. The lowest BCUT2D eigenvalue weighted by molar-refractivity contribution is 0.0934. The summed E-state index contributed by atoms with van der Waals surface area (Å²) in [6.45, 7) is 2.07.